The molecule has 18 heavy (non-hydrogen) atoms. The minimum absolute atomic E-state index is 0.663. The molecule has 0 unspecified atom stereocenters. The fraction of sp³-hybridized carbons (Fsp3) is 0.533. The molecule has 1 aromatic carbocycles. The Hall–Kier alpha value is -0.800. The summed E-state index contributed by atoms with van der Waals surface area (Å²) < 4.78 is 5.42. The van der Waals surface area contributed by atoms with Gasteiger partial charge in [0, 0.05) is 11.8 Å². The average Bonchev–Trinajstić information content (AvgIpc) is 2.46. The van der Waals surface area contributed by atoms with Gasteiger partial charge in [-0.15, -0.1) is 0 Å². The molecule has 0 saturated heterocycles. The van der Waals surface area contributed by atoms with E-state index in [-0.39, 0.29) is 0 Å². The summed E-state index contributed by atoms with van der Waals surface area (Å²) in [5.74, 6) is 1.39. The van der Waals surface area contributed by atoms with E-state index in [1.54, 1.807) is 0 Å². The highest BCUT2D eigenvalue weighted by Crippen LogP contribution is 2.36. The van der Waals surface area contributed by atoms with E-state index in [2.05, 4.69) is 12.1 Å². The van der Waals surface area contributed by atoms with Gasteiger partial charge in [-0.05, 0) is 55.1 Å². The second-order valence-corrected chi connectivity index (χ2v) is 5.52. The van der Waals surface area contributed by atoms with Gasteiger partial charge in [0.2, 0.25) is 0 Å². The number of carbonyl (C=O) groups is 1. The molecule has 2 rings (SSSR count). The van der Waals surface area contributed by atoms with E-state index in [0.29, 0.717) is 5.92 Å². The van der Waals surface area contributed by atoms with Crippen molar-refractivity contribution in [2.75, 3.05) is 12.9 Å². The smallest absolute Gasteiger partial charge is 0.150 e. The Labute approximate surface area is 113 Å². The lowest BCUT2D eigenvalue weighted by molar-refractivity contribution is 0.112. The maximum absolute atomic E-state index is 10.6. The molecule has 2 nitrogen and oxygen atoms in total. The van der Waals surface area contributed by atoms with E-state index < -0.39 is 0 Å². The van der Waals surface area contributed by atoms with Crippen molar-refractivity contribution in [3.8, 4) is 0 Å². The topological polar surface area (TPSA) is 26.3 Å². The van der Waals surface area contributed by atoms with Gasteiger partial charge in [0.15, 0.2) is 0 Å². The lowest BCUT2D eigenvalue weighted by atomic mass is 9.79. The first-order valence-electron chi connectivity index (χ1n) is 6.54. The summed E-state index contributed by atoms with van der Waals surface area (Å²) >= 11 is 1.46. The monoisotopic (exact) mass is 264 g/mol. The third kappa shape index (κ3) is 3.59. The van der Waals surface area contributed by atoms with Crippen LogP contribution in [-0.2, 0) is 4.18 Å². The van der Waals surface area contributed by atoms with Gasteiger partial charge in [0.25, 0.3) is 0 Å². The van der Waals surface area contributed by atoms with Gasteiger partial charge in [0.05, 0.1) is 6.61 Å². The quantitative estimate of drug-likeness (QED) is 0.592. The molecule has 0 spiro atoms. The molecule has 1 fully saturated rings. The molecule has 0 atom stereocenters. The first-order valence-corrected chi connectivity index (χ1v) is 7.69. The van der Waals surface area contributed by atoms with Gasteiger partial charge >= 0.3 is 0 Å². The molecular weight excluding hydrogens is 244 g/mol. The van der Waals surface area contributed by atoms with Crippen LogP contribution >= 0.6 is 12.0 Å². The molecule has 98 valence electrons. The van der Waals surface area contributed by atoms with Crippen LogP contribution in [0.25, 0.3) is 0 Å². The van der Waals surface area contributed by atoms with E-state index in [4.69, 9.17) is 4.18 Å². The molecule has 0 aromatic heterocycles. The highest BCUT2D eigenvalue weighted by molar-refractivity contribution is 7.93. The Morgan fingerprint density at radius 1 is 1.22 bits per heavy atom. The van der Waals surface area contributed by atoms with E-state index in [9.17, 15) is 4.79 Å². The highest BCUT2D eigenvalue weighted by atomic mass is 32.2. The predicted octanol–water partition coefficient (Wildman–Crippen LogP) is 4.07. The fourth-order valence-corrected chi connectivity index (χ4v) is 3.00. The van der Waals surface area contributed by atoms with Crippen molar-refractivity contribution in [2.24, 2.45) is 5.92 Å². The Morgan fingerprint density at radius 3 is 2.44 bits per heavy atom. The number of carbonyl (C=O) groups excluding carboxylic acids is 1. The van der Waals surface area contributed by atoms with E-state index in [1.807, 2.05) is 18.4 Å². The lowest BCUT2D eigenvalue weighted by Crippen LogP contribution is -2.16. The van der Waals surface area contributed by atoms with Crippen molar-refractivity contribution in [3.63, 3.8) is 0 Å². The number of benzene rings is 1. The number of aldehydes is 1. The van der Waals surface area contributed by atoms with Crippen molar-refractivity contribution >= 4 is 18.3 Å². The molecule has 3 heteroatoms. The van der Waals surface area contributed by atoms with E-state index in [1.165, 1.54) is 43.3 Å². The molecule has 0 bridgehead atoms. The SMILES string of the molecule is CSOCC1CCC(c2ccc(C=O)cc2)CC1. The first-order chi connectivity index (χ1) is 8.83. The van der Waals surface area contributed by atoms with Crippen LogP contribution in [0, 0.1) is 5.92 Å². The molecule has 1 aliphatic rings. The van der Waals surface area contributed by atoms with Gasteiger partial charge < -0.3 is 4.18 Å². The zero-order valence-electron chi connectivity index (χ0n) is 10.8. The van der Waals surface area contributed by atoms with Crippen LogP contribution in [0.5, 0.6) is 0 Å². The maximum Gasteiger partial charge on any atom is 0.150 e. The summed E-state index contributed by atoms with van der Waals surface area (Å²) in [5.41, 5.74) is 2.14. The second kappa shape index (κ2) is 6.95. The molecule has 0 radical (unpaired) electrons. The Kier molecular flexibility index (Phi) is 5.26. The molecule has 0 amide bonds. The van der Waals surface area contributed by atoms with E-state index >= 15 is 0 Å². The average molecular weight is 264 g/mol. The Morgan fingerprint density at radius 2 is 1.89 bits per heavy atom. The maximum atomic E-state index is 10.6. The zero-order valence-corrected chi connectivity index (χ0v) is 11.6. The van der Waals surface area contributed by atoms with Gasteiger partial charge in [-0.1, -0.05) is 24.3 Å². The van der Waals surface area contributed by atoms with Crippen LogP contribution in [0.4, 0.5) is 0 Å². The van der Waals surface area contributed by atoms with Gasteiger partial charge in [-0.3, -0.25) is 4.79 Å². The number of rotatable bonds is 5. The van der Waals surface area contributed by atoms with Gasteiger partial charge in [0.1, 0.15) is 6.29 Å². The number of hydrogen-bond donors (Lipinski definition) is 0. The Balaban J connectivity index is 1.86. The molecule has 0 aliphatic heterocycles. The van der Waals surface area contributed by atoms with Crippen LogP contribution in [-0.4, -0.2) is 19.1 Å². The van der Waals surface area contributed by atoms with Gasteiger partial charge in [-0.25, -0.2) is 0 Å². The van der Waals surface area contributed by atoms with Crippen molar-refractivity contribution in [3.05, 3.63) is 35.4 Å². The van der Waals surface area contributed by atoms with Crippen LogP contribution in [0.15, 0.2) is 24.3 Å². The molecule has 1 aromatic rings. The summed E-state index contributed by atoms with van der Waals surface area (Å²) in [4.78, 5) is 10.6. The molecule has 0 N–H and O–H groups in total. The minimum atomic E-state index is 0.663. The largest absolute Gasteiger partial charge is 0.315 e. The van der Waals surface area contributed by atoms with Gasteiger partial charge in [-0.2, -0.15) is 0 Å². The lowest BCUT2D eigenvalue weighted by Gasteiger charge is -2.28. The van der Waals surface area contributed by atoms with Crippen molar-refractivity contribution in [1.82, 2.24) is 0 Å². The van der Waals surface area contributed by atoms with Crippen LogP contribution in [0.1, 0.15) is 47.5 Å². The van der Waals surface area contributed by atoms with Crippen molar-refractivity contribution < 1.29 is 8.98 Å². The molecule has 1 aliphatic carbocycles. The van der Waals surface area contributed by atoms with Crippen LogP contribution in [0.3, 0.4) is 0 Å². The summed E-state index contributed by atoms with van der Waals surface area (Å²) in [6.45, 7) is 0.887. The minimum Gasteiger partial charge on any atom is -0.315 e. The van der Waals surface area contributed by atoms with Crippen molar-refractivity contribution in [1.29, 1.82) is 0 Å². The first kappa shape index (κ1) is 13.6. The highest BCUT2D eigenvalue weighted by Gasteiger charge is 2.22. The third-order valence-corrected chi connectivity index (χ3v) is 4.18. The van der Waals surface area contributed by atoms with E-state index in [0.717, 1.165) is 24.4 Å². The summed E-state index contributed by atoms with van der Waals surface area (Å²) in [6.07, 6.45) is 7.85. The number of hydrogen-bond acceptors (Lipinski definition) is 3. The molecule has 1 saturated carbocycles. The summed E-state index contributed by atoms with van der Waals surface area (Å²) in [7, 11) is 0. The van der Waals surface area contributed by atoms with Crippen LogP contribution in [0.2, 0.25) is 0 Å². The molecular formula is C15H20O2S. The predicted molar refractivity (Wildman–Crippen MR) is 76.0 cm³/mol. The summed E-state index contributed by atoms with van der Waals surface area (Å²) in [6, 6.07) is 8.05. The Bertz CT molecular complexity index is 367. The normalized spacial score (nSPS) is 23.8. The third-order valence-electron chi connectivity index (χ3n) is 3.81. The molecule has 0 heterocycles. The second-order valence-electron chi connectivity index (χ2n) is 4.95. The fourth-order valence-electron chi connectivity index (χ4n) is 2.67. The summed E-state index contributed by atoms with van der Waals surface area (Å²) in [5, 5.41) is 0. The zero-order chi connectivity index (χ0) is 12.8. The van der Waals surface area contributed by atoms with Crippen LogP contribution < -0.4 is 0 Å². The standard InChI is InChI=1S/C15H20O2S/c1-18-17-11-13-4-8-15(9-5-13)14-6-2-12(10-16)3-7-14/h2-3,6-7,10,13,15H,4-5,8-9,11H2,1H3. The van der Waals surface area contributed by atoms with Crippen molar-refractivity contribution in [2.45, 2.75) is 31.6 Å².